The van der Waals surface area contributed by atoms with Crippen molar-refractivity contribution in [3.05, 3.63) is 30.1 Å². The SMILES string of the molecule is CC(C)C(C)(CO)NC(=O)c1cccnc1. The summed E-state index contributed by atoms with van der Waals surface area (Å²) in [6, 6.07) is 3.40. The van der Waals surface area contributed by atoms with Crippen LogP contribution >= 0.6 is 0 Å². The molecule has 0 aromatic carbocycles. The van der Waals surface area contributed by atoms with Crippen LogP contribution in [0, 0.1) is 5.92 Å². The third kappa shape index (κ3) is 2.79. The zero-order valence-corrected chi connectivity index (χ0v) is 9.90. The molecule has 1 aromatic rings. The summed E-state index contributed by atoms with van der Waals surface area (Å²) in [4.78, 5) is 15.7. The monoisotopic (exact) mass is 222 g/mol. The van der Waals surface area contributed by atoms with Gasteiger partial charge in [-0.2, -0.15) is 0 Å². The molecule has 2 N–H and O–H groups in total. The first-order valence-corrected chi connectivity index (χ1v) is 5.33. The second kappa shape index (κ2) is 5.07. The van der Waals surface area contributed by atoms with Crippen LogP contribution in [0.2, 0.25) is 0 Å². The number of rotatable bonds is 4. The molecule has 0 aliphatic heterocycles. The van der Waals surface area contributed by atoms with E-state index in [-0.39, 0.29) is 18.4 Å². The molecule has 0 saturated carbocycles. The molecule has 0 saturated heterocycles. The number of hydrogen-bond donors (Lipinski definition) is 2. The van der Waals surface area contributed by atoms with Gasteiger partial charge in [0.2, 0.25) is 0 Å². The number of nitrogens with zero attached hydrogens (tertiary/aromatic N) is 1. The van der Waals surface area contributed by atoms with Crippen molar-refractivity contribution >= 4 is 5.91 Å². The molecule has 1 rings (SSSR count). The fourth-order valence-electron chi connectivity index (χ4n) is 1.20. The van der Waals surface area contributed by atoms with Gasteiger partial charge in [0, 0.05) is 12.4 Å². The summed E-state index contributed by atoms with van der Waals surface area (Å²) in [7, 11) is 0. The second-order valence-electron chi connectivity index (χ2n) is 4.43. The molecule has 16 heavy (non-hydrogen) atoms. The number of aliphatic hydroxyl groups excluding tert-OH is 1. The summed E-state index contributed by atoms with van der Waals surface area (Å²) < 4.78 is 0. The first kappa shape index (κ1) is 12.6. The van der Waals surface area contributed by atoms with Gasteiger partial charge in [0.1, 0.15) is 0 Å². The van der Waals surface area contributed by atoms with Gasteiger partial charge in [-0.3, -0.25) is 9.78 Å². The van der Waals surface area contributed by atoms with Gasteiger partial charge < -0.3 is 10.4 Å². The van der Waals surface area contributed by atoms with Crippen molar-refractivity contribution in [1.82, 2.24) is 10.3 Å². The molecule has 1 atom stereocenters. The van der Waals surface area contributed by atoms with Crippen LogP contribution in [-0.2, 0) is 0 Å². The van der Waals surface area contributed by atoms with E-state index in [9.17, 15) is 9.90 Å². The molecular formula is C12H18N2O2. The van der Waals surface area contributed by atoms with E-state index in [0.29, 0.717) is 5.56 Å². The molecule has 0 radical (unpaired) electrons. The van der Waals surface area contributed by atoms with Crippen molar-refractivity contribution in [3.8, 4) is 0 Å². The highest BCUT2D eigenvalue weighted by molar-refractivity contribution is 5.94. The predicted molar refractivity (Wildman–Crippen MR) is 62.0 cm³/mol. The Morgan fingerprint density at radius 2 is 2.31 bits per heavy atom. The van der Waals surface area contributed by atoms with Crippen molar-refractivity contribution in [2.24, 2.45) is 5.92 Å². The fourth-order valence-corrected chi connectivity index (χ4v) is 1.20. The van der Waals surface area contributed by atoms with E-state index in [2.05, 4.69) is 10.3 Å². The molecule has 1 amide bonds. The number of aliphatic hydroxyl groups is 1. The normalized spacial score (nSPS) is 14.6. The van der Waals surface area contributed by atoms with Crippen LogP contribution in [-0.4, -0.2) is 28.1 Å². The van der Waals surface area contributed by atoms with E-state index in [1.807, 2.05) is 20.8 Å². The summed E-state index contributed by atoms with van der Waals surface area (Å²) >= 11 is 0. The Bertz CT molecular complexity index is 351. The maximum Gasteiger partial charge on any atom is 0.253 e. The number of amides is 1. The van der Waals surface area contributed by atoms with E-state index >= 15 is 0 Å². The van der Waals surface area contributed by atoms with Crippen LogP contribution in [0.4, 0.5) is 0 Å². The highest BCUT2D eigenvalue weighted by Crippen LogP contribution is 2.16. The minimum Gasteiger partial charge on any atom is -0.394 e. The molecule has 0 aliphatic rings. The van der Waals surface area contributed by atoms with Crippen molar-refractivity contribution in [1.29, 1.82) is 0 Å². The lowest BCUT2D eigenvalue weighted by molar-refractivity contribution is 0.0783. The molecule has 4 heteroatoms. The van der Waals surface area contributed by atoms with Gasteiger partial charge in [0.15, 0.2) is 0 Å². The third-order valence-electron chi connectivity index (χ3n) is 2.93. The average Bonchev–Trinajstić information content (AvgIpc) is 2.29. The Morgan fingerprint density at radius 1 is 1.62 bits per heavy atom. The maximum atomic E-state index is 11.9. The number of carbonyl (C=O) groups excluding carboxylic acids is 1. The summed E-state index contributed by atoms with van der Waals surface area (Å²) in [5.41, 5.74) is -0.102. The van der Waals surface area contributed by atoms with Crippen LogP contribution in [0.15, 0.2) is 24.5 Å². The zero-order chi connectivity index (χ0) is 12.2. The molecule has 88 valence electrons. The summed E-state index contributed by atoms with van der Waals surface area (Å²) in [5.74, 6) is -0.0588. The molecule has 4 nitrogen and oxygen atoms in total. The molecule has 1 heterocycles. The topological polar surface area (TPSA) is 62.2 Å². The van der Waals surface area contributed by atoms with Crippen LogP contribution in [0.25, 0.3) is 0 Å². The third-order valence-corrected chi connectivity index (χ3v) is 2.93. The molecule has 0 bridgehead atoms. The molecule has 0 fully saturated rings. The Labute approximate surface area is 95.7 Å². The standard InChI is InChI=1S/C12H18N2O2/c1-9(2)12(3,8-15)14-11(16)10-5-4-6-13-7-10/h4-7,9,15H,8H2,1-3H3,(H,14,16). The Hall–Kier alpha value is -1.42. The van der Waals surface area contributed by atoms with Crippen LogP contribution in [0.1, 0.15) is 31.1 Å². The largest absolute Gasteiger partial charge is 0.394 e. The number of nitrogens with one attached hydrogen (secondary N) is 1. The van der Waals surface area contributed by atoms with Crippen molar-refractivity contribution in [3.63, 3.8) is 0 Å². The van der Waals surface area contributed by atoms with Gasteiger partial charge in [-0.05, 0) is 25.0 Å². The fraction of sp³-hybridized carbons (Fsp3) is 0.500. The average molecular weight is 222 g/mol. The molecule has 1 unspecified atom stereocenters. The second-order valence-corrected chi connectivity index (χ2v) is 4.43. The highest BCUT2D eigenvalue weighted by Gasteiger charge is 2.29. The van der Waals surface area contributed by atoms with Crippen molar-refractivity contribution in [2.75, 3.05) is 6.61 Å². The maximum absolute atomic E-state index is 11.9. The zero-order valence-electron chi connectivity index (χ0n) is 9.90. The summed E-state index contributed by atoms with van der Waals surface area (Å²) in [6.07, 6.45) is 3.12. The lowest BCUT2D eigenvalue weighted by atomic mass is 9.89. The van der Waals surface area contributed by atoms with E-state index in [4.69, 9.17) is 0 Å². The van der Waals surface area contributed by atoms with Crippen LogP contribution in [0.5, 0.6) is 0 Å². The van der Waals surface area contributed by atoms with Gasteiger partial charge in [0.25, 0.3) is 5.91 Å². The predicted octanol–water partition coefficient (Wildman–Crippen LogP) is 1.22. The minimum absolute atomic E-state index is 0.0866. The van der Waals surface area contributed by atoms with Crippen LogP contribution in [0.3, 0.4) is 0 Å². The van der Waals surface area contributed by atoms with Gasteiger partial charge in [-0.1, -0.05) is 13.8 Å². The Balaban J connectivity index is 2.78. The molecule has 1 aromatic heterocycles. The first-order valence-electron chi connectivity index (χ1n) is 5.33. The summed E-state index contributed by atoms with van der Waals surface area (Å²) in [5, 5.41) is 12.2. The highest BCUT2D eigenvalue weighted by atomic mass is 16.3. The minimum atomic E-state index is -0.604. The Morgan fingerprint density at radius 3 is 2.75 bits per heavy atom. The van der Waals surface area contributed by atoms with E-state index in [1.165, 1.54) is 6.20 Å². The number of pyridine rings is 1. The van der Waals surface area contributed by atoms with Gasteiger partial charge in [0.05, 0.1) is 17.7 Å². The van der Waals surface area contributed by atoms with Gasteiger partial charge in [-0.25, -0.2) is 0 Å². The van der Waals surface area contributed by atoms with Gasteiger partial charge in [-0.15, -0.1) is 0 Å². The van der Waals surface area contributed by atoms with E-state index < -0.39 is 5.54 Å². The van der Waals surface area contributed by atoms with Crippen LogP contribution < -0.4 is 5.32 Å². The Kier molecular flexibility index (Phi) is 4.01. The molecule has 0 aliphatic carbocycles. The first-order chi connectivity index (χ1) is 7.49. The number of hydrogen-bond acceptors (Lipinski definition) is 3. The smallest absolute Gasteiger partial charge is 0.253 e. The molecular weight excluding hydrogens is 204 g/mol. The van der Waals surface area contributed by atoms with Gasteiger partial charge >= 0.3 is 0 Å². The lowest BCUT2D eigenvalue weighted by Crippen LogP contribution is -2.52. The van der Waals surface area contributed by atoms with E-state index in [1.54, 1.807) is 18.3 Å². The van der Waals surface area contributed by atoms with Crippen molar-refractivity contribution < 1.29 is 9.90 Å². The summed E-state index contributed by atoms with van der Waals surface area (Å²) in [6.45, 7) is 5.65. The van der Waals surface area contributed by atoms with Crippen molar-refractivity contribution in [2.45, 2.75) is 26.3 Å². The quantitative estimate of drug-likeness (QED) is 0.805. The van der Waals surface area contributed by atoms with E-state index in [0.717, 1.165) is 0 Å². The molecule has 0 spiro atoms. The number of aromatic nitrogens is 1. The number of carbonyl (C=O) groups is 1. The lowest BCUT2D eigenvalue weighted by Gasteiger charge is -2.32.